The highest BCUT2D eigenvalue weighted by Crippen LogP contribution is 2.31. The summed E-state index contributed by atoms with van der Waals surface area (Å²) < 4.78 is 0. The van der Waals surface area contributed by atoms with Crippen molar-refractivity contribution >= 4 is 29.1 Å². The maximum atomic E-state index is 8.73. The van der Waals surface area contributed by atoms with E-state index in [-0.39, 0.29) is 0 Å². The topological polar surface area (TPSA) is 49.8 Å². The van der Waals surface area contributed by atoms with Crippen LogP contribution in [0.5, 0.6) is 0 Å². The van der Waals surface area contributed by atoms with Crippen molar-refractivity contribution < 1.29 is 0 Å². The van der Waals surface area contributed by atoms with Crippen molar-refractivity contribution in [1.29, 1.82) is 5.26 Å². The molecule has 0 unspecified atom stereocenters. The SMILES string of the molecule is N#CCc1cc(Sc2cccc(Cl)c2)ccc1N. The van der Waals surface area contributed by atoms with E-state index in [2.05, 4.69) is 6.07 Å². The van der Waals surface area contributed by atoms with Crippen LogP contribution in [0.25, 0.3) is 0 Å². The largest absolute Gasteiger partial charge is 0.398 e. The van der Waals surface area contributed by atoms with Crippen LogP contribution in [0.1, 0.15) is 5.56 Å². The molecule has 2 N–H and O–H groups in total. The maximum Gasteiger partial charge on any atom is 0.0670 e. The van der Waals surface area contributed by atoms with Crippen molar-refractivity contribution in [2.24, 2.45) is 0 Å². The molecule has 2 aromatic carbocycles. The average molecular weight is 275 g/mol. The highest BCUT2D eigenvalue weighted by atomic mass is 35.5. The molecule has 0 bridgehead atoms. The summed E-state index contributed by atoms with van der Waals surface area (Å²) in [5.41, 5.74) is 7.34. The van der Waals surface area contributed by atoms with Gasteiger partial charge in [0.15, 0.2) is 0 Å². The zero-order valence-electron chi connectivity index (χ0n) is 9.56. The van der Waals surface area contributed by atoms with Crippen LogP contribution >= 0.6 is 23.4 Å². The Balaban J connectivity index is 2.24. The van der Waals surface area contributed by atoms with E-state index in [9.17, 15) is 0 Å². The fourth-order valence-electron chi connectivity index (χ4n) is 1.55. The lowest BCUT2D eigenvalue weighted by Gasteiger charge is -2.06. The molecule has 18 heavy (non-hydrogen) atoms. The standard InChI is InChI=1S/C14H11ClN2S/c15-11-2-1-3-12(9-11)18-13-4-5-14(17)10(8-13)6-7-16/h1-5,8-9H,6,17H2. The van der Waals surface area contributed by atoms with Crippen molar-refractivity contribution in [3.05, 3.63) is 53.1 Å². The summed E-state index contributed by atoms with van der Waals surface area (Å²) in [6.45, 7) is 0. The molecule has 0 saturated heterocycles. The van der Waals surface area contributed by atoms with Gasteiger partial charge >= 0.3 is 0 Å². The average Bonchev–Trinajstić information content (AvgIpc) is 2.34. The Morgan fingerprint density at radius 1 is 1.17 bits per heavy atom. The third-order valence-electron chi connectivity index (χ3n) is 2.42. The van der Waals surface area contributed by atoms with E-state index in [1.807, 2.05) is 42.5 Å². The Hall–Kier alpha value is -1.63. The van der Waals surface area contributed by atoms with E-state index in [0.29, 0.717) is 17.1 Å². The molecule has 0 fully saturated rings. The predicted molar refractivity (Wildman–Crippen MR) is 75.7 cm³/mol. The molecule has 0 atom stereocenters. The zero-order valence-corrected chi connectivity index (χ0v) is 11.1. The molecule has 4 heteroatoms. The monoisotopic (exact) mass is 274 g/mol. The summed E-state index contributed by atoms with van der Waals surface area (Å²) in [5, 5.41) is 9.45. The number of nitriles is 1. The summed E-state index contributed by atoms with van der Waals surface area (Å²) >= 11 is 7.54. The number of nitrogens with two attached hydrogens (primary N) is 1. The van der Waals surface area contributed by atoms with Gasteiger partial charge in [0.05, 0.1) is 12.5 Å². The fraction of sp³-hybridized carbons (Fsp3) is 0.0714. The van der Waals surface area contributed by atoms with Crippen molar-refractivity contribution in [2.75, 3.05) is 5.73 Å². The van der Waals surface area contributed by atoms with Gasteiger partial charge in [-0.1, -0.05) is 29.4 Å². The number of halogens is 1. The molecule has 0 heterocycles. The third kappa shape index (κ3) is 3.19. The van der Waals surface area contributed by atoms with Gasteiger partial charge in [0.25, 0.3) is 0 Å². The molecule has 90 valence electrons. The fourth-order valence-corrected chi connectivity index (χ4v) is 2.75. The second-order valence-corrected chi connectivity index (χ2v) is 5.34. The van der Waals surface area contributed by atoms with E-state index < -0.39 is 0 Å². The van der Waals surface area contributed by atoms with Gasteiger partial charge in [-0.05, 0) is 42.0 Å². The van der Waals surface area contributed by atoms with Crippen LogP contribution in [0.3, 0.4) is 0 Å². The minimum Gasteiger partial charge on any atom is -0.398 e. The van der Waals surface area contributed by atoms with Gasteiger partial charge in [0, 0.05) is 20.5 Å². The number of hydrogen-bond acceptors (Lipinski definition) is 3. The lowest BCUT2D eigenvalue weighted by atomic mass is 10.1. The van der Waals surface area contributed by atoms with Gasteiger partial charge in [0.1, 0.15) is 0 Å². The van der Waals surface area contributed by atoms with Crippen LogP contribution in [-0.2, 0) is 6.42 Å². The molecular formula is C14H11ClN2S. The van der Waals surface area contributed by atoms with Gasteiger partial charge < -0.3 is 5.73 Å². The van der Waals surface area contributed by atoms with E-state index >= 15 is 0 Å². The van der Waals surface area contributed by atoms with E-state index in [1.165, 1.54) is 0 Å². The summed E-state index contributed by atoms with van der Waals surface area (Å²) in [6, 6.07) is 15.5. The number of rotatable bonds is 3. The van der Waals surface area contributed by atoms with Crippen LogP contribution in [0, 0.1) is 11.3 Å². The minimum absolute atomic E-state index is 0.329. The Kier molecular flexibility index (Phi) is 4.14. The first-order valence-corrected chi connectivity index (χ1v) is 6.57. The Labute approximate surface area is 115 Å². The van der Waals surface area contributed by atoms with Crippen molar-refractivity contribution in [2.45, 2.75) is 16.2 Å². The molecular weight excluding hydrogens is 264 g/mol. The smallest absolute Gasteiger partial charge is 0.0670 e. The summed E-state index contributed by atoms with van der Waals surface area (Å²) in [5.74, 6) is 0. The normalized spacial score (nSPS) is 10.0. The highest BCUT2D eigenvalue weighted by Gasteiger charge is 2.03. The van der Waals surface area contributed by atoms with Gasteiger partial charge in [0.2, 0.25) is 0 Å². The first-order valence-electron chi connectivity index (χ1n) is 5.38. The molecule has 0 aliphatic heterocycles. The lowest BCUT2D eigenvalue weighted by molar-refractivity contribution is 1.23. The first-order chi connectivity index (χ1) is 8.69. The molecule has 0 saturated carbocycles. The van der Waals surface area contributed by atoms with Crippen LogP contribution < -0.4 is 5.73 Å². The van der Waals surface area contributed by atoms with Crippen molar-refractivity contribution in [1.82, 2.24) is 0 Å². The maximum absolute atomic E-state index is 8.73. The van der Waals surface area contributed by atoms with E-state index in [1.54, 1.807) is 11.8 Å². The molecule has 0 aromatic heterocycles. The van der Waals surface area contributed by atoms with Crippen molar-refractivity contribution in [3.63, 3.8) is 0 Å². The molecule has 0 aliphatic rings. The van der Waals surface area contributed by atoms with Crippen LogP contribution in [0.15, 0.2) is 52.3 Å². The lowest BCUT2D eigenvalue weighted by Crippen LogP contribution is -1.93. The molecule has 0 radical (unpaired) electrons. The number of nitrogen functional groups attached to an aromatic ring is 1. The Morgan fingerprint density at radius 2 is 1.94 bits per heavy atom. The Morgan fingerprint density at radius 3 is 2.67 bits per heavy atom. The first kappa shape index (κ1) is 12.8. The van der Waals surface area contributed by atoms with E-state index in [0.717, 1.165) is 15.4 Å². The summed E-state index contributed by atoms with van der Waals surface area (Å²) in [4.78, 5) is 2.12. The molecule has 2 aromatic rings. The zero-order chi connectivity index (χ0) is 13.0. The van der Waals surface area contributed by atoms with Gasteiger partial charge in [-0.2, -0.15) is 5.26 Å². The molecule has 2 rings (SSSR count). The second-order valence-electron chi connectivity index (χ2n) is 3.75. The van der Waals surface area contributed by atoms with Gasteiger partial charge in [-0.15, -0.1) is 0 Å². The third-order valence-corrected chi connectivity index (χ3v) is 3.63. The van der Waals surface area contributed by atoms with Gasteiger partial charge in [-0.25, -0.2) is 0 Å². The molecule has 0 amide bonds. The predicted octanol–water partition coefficient (Wildman–Crippen LogP) is 4.14. The van der Waals surface area contributed by atoms with Crippen LogP contribution in [0.2, 0.25) is 5.02 Å². The quantitative estimate of drug-likeness (QED) is 0.856. The molecule has 2 nitrogen and oxygen atoms in total. The number of benzene rings is 2. The second kappa shape index (κ2) is 5.81. The van der Waals surface area contributed by atoms with Crippen LogP contribution in [-0.4, -0.2) is 0 Å². The van der Waals surface area contributed by atoms with E-state index in [4.69, 9.17) is 22.6 Å². The summed E-state index contributed by atoms with van der Waals surface area (Å²) in [7, 11) is 0. The highest BCUT2D eigenvalue weighted by molar-refractivity contribution is 7.99. The number of hydrogen-bond donors (Lipinski definition) is 1. The molecule has 0 spiro atoms. The van der Waals surface area contributed by atoms with Crippen LogP contribution in [0.4, 0.5) is 5.69 Å². The number of nitrogens with zero attached hydrogens (tertiary/aromatic N) is 1. The summed E-state index contributed by atoms with van der Waals surface area (Å²) in [6.07, 6.45) is 0.329. The minimum atomic E-state index is 0.329. The Bertz CT molecular complexity index is 605. The number of anilines is 1. The molecule has 0 aliphatic carbocycles. The van der Waals surface area contributed by atoms with Gasteiger partial charge in [-0.3, -0.25) is 0 Å². The van der Waals surface area contributed by atoms with Crippen molar-refractivity contribution in [3.8, 4) is 6.07 Å².